The fraction of sp³-hybridized carbons (Fsp3) is 0.417. The third-order valence-electron chi connectivity index (χ3n) is 2.46. The minimum atomic E-state index is -0.701. The Labute approximate surface area is 98.8 Å². The molecule has 0 aliphatic rings. The number of halogens is 1. The molecular weight excluding hydrogens is 256 g/mol. The maximum Gasteiger partial charge on any atom is 0.168 e. The van der Waals surface area contributed by atoms with E-state index in [2.05, 4.69) is 15.9 Å². The van der Waals surface area contributed by atoms with Gasteiger partial charge in [-0.15, -0.1) is 0 Å². The molecule has 3 heteroatoms. The molecule has 0 saturated heterocycles. The summed E-state index contributed by atoms with van der Waals surface area (Å²) in [7, 11) is 1.56. The van der Waals surface area contributed by atoms with Gasteiger partial charge in [0.05, 0.1) is 0 Å². The molecule has 2 nitrogen and oxygen atoms in total. The van der Waals surface area contributed by atoms with Crippen molar-refractivity contribution >= 4 is 21.7 Å². The Morgan fingerprint density at radius 1 is 1.33 bits per heavy atom. The smallest absolute Gasteiger partial charge is 0.168 e. The number of rotatable bonds is 4. The summed E-state index contributed by atoms with van der Waals surface area (Å²) in [4.78, 5) is 11.8. The summed E-state index contributed by atoms with van der Waals surface area (Å²) in [5.41, 5.74) is 0.306. The molecule has 0 aliphatic heterocycles. The summed E-state index contributed by atoms with van der Waals surface area (Å²) in [5, 5.41) is 0. The summed E-state index contributed by atoms with van der Waals surface area (Å²) in [6.07, 6.45) is 0.411. The van der Waals surface area contributed by atoms with Gasteiger partial charge in [0.2, 0.25) is 0 Å². The number of methoxy groups -OCH3 is 1. The largest absolute Gasteiger partial charge is 0.371 e. The quantitative estimate of drug-likeness (QED) is 0.841. The first-order chi connectivity index (χ1) is 6.95. The molecule has 0 radical (unpaired) electrons. The van der Waals surface area contributed by atoms with Crippen LogP contribution in [-0.2, 0) is 16.0 Å². The van der Waals surface area contributed by atoms with Crippen LogP contribution in [0.25, 0.3) is 0 Å². The van der Waals surface area contributed by atoms with Crippen molar-refractivity contribution < 1.29 is 9.53 Å². The molecule has 0 aromatic heterocycles. The van der Waals surface area contributed by atoms with Gasteiger partial charge in [-0.1, -0.05) is 28.1 Å². The zero-order chi connectivity index (χ0) is 11.5. The normalized spacial score (nSPS) is 11.5. The van der Waals surface area contributed by atoms with Crippen LogP contribution in [0.5, 0.6) is 0 Å². The second-order valence-electron chi connectivity index (χ2n) is 3.94. The lowest BCUT2D eigenvalue weighted by molar-refractivity contribution is -0.136. The molecule has 0 fully saturated rings. The fourth-order valence-corrected chi connectivity index (χ4v) is 1.38. The predicted molar refractivity (Wildman–Crippen MR) is 63.9 cm³/mol. The van der Waals surface area contributed by atoms with E-state index < -0.39 is 5.60 Å². The van der Waals surface area contributed by atoms with Crippen molar-refractivity contribution in [1.82, 2.24) is 0 Å². The van der Waals surface area contributed by atoms with Crippen molar-refractivity contribution in [3.05, 3.63) is 34.3 Å². The lowest BCUT2D eigenvalue weighted by Crippen LogP contribution is -2.35. The maximum absolute atomic E-state index is 11.8. The Hall–Kier alpha value is -0.670. The molecule has 0 unspecified atom stereocenters. The van der Waals surface area contributed by atoms with Gasteiger partial charge >= 0.3 is 0 Å². The molecular formula is C12H15BrO2. The molecule has 0 spiro atoms. The van der Waals surface area contributed by atoms with E-state index in [0.29, 0.717) is 6.42 Å². The van der Waals surface area contributed by atoms with Crippen LogP contribution in [0.1, 0.15) is 19.4 Å². The van der Waals surface area contributed by atoms with Gasteiger partial charge < -0.3 is 4.74 Å². The van der Waals surface area contributed by atoms with Gasteiger partial charge in [0.15, 0.2) is 5.78 Å². The lowest BCUT2D eigenvalue weighted by Gasteiger charge is -2.21. The standard InChI is InChI=1S/C12H15BrO2/c1-12(2,15-3)11(14)8-9-4-6-10(13)7-5-9/h4-7H,8H2,1-3H3. The molecule has 1 aromatic rings. The van der Waals surface area contributed by atoms with Crippen LogP contribution in [-0.4, -0.2) is 18.5 Å². The Balaban J connectivity index is 2.71. The van der Waals surface area contributed by atoms with Crippen LogP contribution in [0, 0.1) is 0 Å². The van der Waals surface area contributed by atoms with Crippen LogP contribution < -0.4 is 0 Å². The van der Waals surface area contributed by atoms with E-state index in [0.717, 1.165) is 10.0 Å². The number of hydrogen-bond acceptors (Lipinski definition) is 2. The van der Waals surface area contributed by atoms with Crippen molar-refractivity contribution in [2.24, 2.45) is 0 Å². The van der Waals surface area contributed by atoms with Crippen LogP contribution in [0.3, 0.4) is 0 Å². The van der Waals surface area contributed by atoms with E-state index in [1.807, 2.05) is 24.3 Å². The molecule has 0 aliphatic carbocycles. The zero-order valence-electron chi connectivity index (χ0n) is 9.21. The molecule has 0 saturated carbocycles. The second-order valence-corrected chi connectivity index (χ2v) is 4.86. The van der Waals surface area contributed by atoms with Crippen LogP contribution in [0.2, 0.25) is 0 Å². The van der Waals surface area contributed by atoms with Gasteiger partial charge in [-0.05, 0) is 31.5 Å². The van der Waals surface area contributed by atoms with Crippen LogP contribution in [0.4, 0.5) is 0 Å². The fourth-order valence-electron chi connectivity index (χ4n) is 1.11. The van der Waals surface area contributed by atoms with E-state index in [-0.39, 0.29) is 5.78 Å². The molecule has 0 amide bonds. The Morgan fingerprint density at radius 2 is 1.87 bits per heavy atom. The van der Waals surface area contributed by atoms with Gasteiger partial charge in [0, 0.05) is 18.0 Å². The molecule has 0 bridgehead atoms. The highest BCUT2D eigenvalue weighted by Crippen LogP contribution is 2.15. The van der Waals surface area contributed by atoms with Gasteiger partial charge in [-0.3, -0.25) is 4.79 Å². The number of carbonyl (C=O) groups is 1. The first-order valence-electron chi connectivity index (χ1n) is 4.78. The maximum atomic E-state index is 11.8. The van der Waals surface area contributed by atoms with Gasteiger partial charge in [0.25, 0.3) is 0 Å². The van der Waals surface area contributed by atoms with Crippen molar-refractivity contribution in [2.75, 3.05) is 7.11 Å². The van der Waals surface area contributed by atoms with Crippen molar-refractivity contribution in [1.29, 1.82) is 0 Å². The third-order valence-corrected chi connectivity index (χ3v) is 2.99. The van der Waals surface area contributed by atoms with Crippen LogP contribution in [0.15, 0.2) is 28.7 Å². The van der Waals surface area contributed by atoms with E-state index in [1.54, 1.807) is 21.0 Å². The highest BCUT2D eigenvalue weighted by molar-refractivity contribution is 9.10. The molecule has 15 heavy (non-hydrogen) atoms. The Bertz CT molecular complexity index is 341. The number of carbonyl (C=O) groups excluding carboxylic acids is 1. The van der Waals surface area contributed by atoms with E-state index in [4.69, 9.17) is 4.74 Å². The summed E-state index contributed by atoms with van der Waals surface area (Å²) < 4.78 is 6.15. The van der Waals surface area contributed by atoms with Crippen molar-refractivity contribution in [2.45, 2.75) is 25.9 Å². The van der Waals surface area contributed by atoms with E-state index in [1.165, 1.54) is 0 Å². The highest BCUT2D eigenvalue weighted by atomic mass is 79.9. The van der Waals surface area contributed by atoms with E-state index in [9.17, 15) is 4.79 Å². The number of ketones is 1. The topological polar surface area (TPSA) is 26.3 Å². The molecule has 1 aromatic carbocycles. The minimum absolute atomic E-state index is 0.0901. The van der Waals surface area contributed by atoms with Gasteiger partial charge in [-0.25, -0.2) is 0 Å². The van der Waals surface area contributed by atoms with Crippen molar-refractivity contribution in [3.8, 4) is 0 Å². The summed E-state index contributed by atoms with van der Waals surface area (Å²) in [6, 6.07) is 7.74. The minimum Gasteiger partial charge on any atom is -0.371 e. The number of Topliss-reactive ketones (excluding diaryl/α,β-unsaturated/α-hetero) is 1. The first-order valence-corrected chi connectivity index (χ1v) is 5.58. The SMILES string of the molecule is COC(C)(C)C(=O)Cc1ccc(Br)cc1. The van der Waals surface area contributed by atoms with Crippen molar-refractivity contribution in [3.63, 3.8) is 0 Å². The monoisotopic (exact) mass is 270 g/mol. The molecule has 0 atom stereocenters. The number of ether oxygens (including phenoxy) is 1. The zero-order valence-corrected chi connectivity index (χ0v) is 10.8. The summed E-state index contributed by atoms with van der Waals surface area (Å²) >= 11 is 3.36. The average molecular weight is 271 g/mol. The van der Waals surface area contributed by atoms with E-state index >= 15 is 0 Å². The average Bonchev–Trinajstić information content (AvgIpc) is 2.21. The number of benzene rings is 1. The second kappa shape index (κ2) is 4.90. The molecule has 0 heterocycles. The Kier molecular flexibility index (Phi) is 4.05. The predicted octanol–water partition coefficient (Wildman–Crippen LogP) is 2.99. The Morgan fingerprint density at radius 3 is 2.33 bits per heavy atom. The third kappa shape index (κ3) is 3.43. The summed E-state index contributed by atoms with van der Waals surface area (Å²) in [6.45, 7) is 3.57. The number of hydrogen-bond donors (Lipinski definition) is 0. The van der Waals surface area contributed by atoms with Gasteiger partial charge in [0.1, 0.15) is 5.60 Å². The first kappa shape index (κ1) is 12.4. The van der Waals surface area contributed by atoms with Crippen LogP contribution >= 0.6 is 15.9 Å². The molecule has 82 valence electrons. The highest BCUT2D eigenvalue weighted by Gasteiger charge is 2.26. The summed E-state index contributed by atoms with van der Waals surface area (Å²) in [5.74, 6) is 0.0901. The lowest BCUT2D eigenvalue weighted by atomic mass is 9.97. The van der Waals surface area contributed by atoms with Gasteiger partial charge in [-0.2, -0.15) is 0 Å². The molecule has 0 N–H and O–H groups in total. The molecule has 1 rings (SSSR count).